The molecule has 3 nitrogen and oxygen atoms in total. The van der Waals surface area contributed by atoms with E-state index in [1.807, 2.05) is 6.92 Å². The molecule has 0 aliphatic rings. The lowest BCUT2D eigenvalue weighted by molar-refractivity contribution is 0.576. The van der Waals surface area contributed by atoms with Crippen LogP contribution in [0.15, 0.2) is 27.6 Å². The molecule has 0 amide bonds. The summed E-state index contributed by atoms with van der Waals surface area (Å²) >= 11 is 12.5. The van der Waals surface area contributed by atoms with E-state index in [2.05, 4.69) is 36.6 Å². The molecule has 0 heterocycles. The Bertz CT molecular complexity index is 506. The van der Waals surface area contributed by atoms with E-state index in [0.717, 1.165) is 12.8 Å². The predicted molar refractivity (Wildman–Crippen MR) is 82.0 cm³/mol. The largest absolute Gasteiger partial charge is 0.240 e. The van der Waals surface area contributed by atoms with Crippen LogP contribution in [0.4, 0.5) is 0 Å². The second-order valence-corrected chi connectivity index (χ2v) is 8.49. The second-order valence-electron chi connectivity index (χ2n) is 3.90. The second kappa shape index (κ2) is 7.24. The van der Waals surface area contributed by atoms with Crippen molar-refractivity contribution in [3.63, 3.8) is 0 Å². The monoisotopic (exact) mass is 417 g/mol. The molecule has 7 heteroatoms. The van der Waals surface area contributed by atoms with Gasteiger partial charge < -0.3 is 0 Å². The van der Waals surface area contributed by atoms with Gasteiger partial charge in [-0.3, -0.25) is 0 Å². The molecule has 0 radical (unpaired) electrons. The number of alkyl halides is 1. The van der Waals surface area contributed by atoms with Gasteiger partial charge in [0.25, 0.3) is 0 Å². The van der Waals surface area contributed by atoms with Gasteiger partial charge in [-0.05, 0) is 47.0 Å². The molecule has 0 aliphatic carbocycles. The Hall–Kier alpha value is 0.380. The van der Waals surface area contributed by atoms with Gasteiger partial charge in [-0.1, -0.05) is 34.5 Å². The summed E-state index contributed by atoms with van der Waals surface area (Å²) in [6.07, 6.45) is 1.72. The molecule has 102 valence electrons. The van der Waals surface area contributed by atoms with E-state index in [0.29, 0.717) is 20.9 Å². The summed E-state index contributed by atoms with van der Waals surface area (Å²) < 4.78 is 27.0. The zero-order valence-corrected chi connectivity index (χ0v) is 14.5. The van der Waals surface area contributed by atoms with Crippen molar-refractivity contribution < 1.29 is 8.42 Å². The summed E-state index contributed by atoms with van der Waals surface area (Å²) in [7, 11) is -3.45. The summed E-state index contributed by atoms with van der Waals surface area (Å²) in [6.45, 7) is 2.46. The van der Waals surface area contributed by atoms with E-state index < -0.39 is 10.0 Å². The third-order valence-corrected chi connectivity index (χ3v) is 5.40. The van der Waals surface area contributed by atoms with Gasteiger partial charge in [0.05, 0.1) is 9.92 Å². The topological polar surface area (TPSA) is 46.2 Å². The van der Waals surface area contributed by atoms with E-state index in [1.165, 1.54) is 12.1 Å². The minimum Gasteiger partial charge on any atom is -0.211 e. The predicted octanol–water partition coefficient (Wildman–Crippen LogP) is 3.94. The first-order chi connectivity index (χ1) is 8.33. The fourth-order valence-electron chi connectivity index (χ4n) is 1.32. The first-order valence-corrected chi connectivity index (χ1v) is 8.98. The highest BCUT2D eigenvalue weighted by Crippen LogP contribution is 2.25. The number of hydrogen-bond donors (Lipinski definition) is 1. The van der Waals surface area contributed by atoms with E-state index in [1.54, 1.807) is 6.07 Å². The Labute approximate surface area is 130 Å². The van der Waals surface area contributed by atoms with Gasteiger partial charge in [-0.15, -0.1) is 0 Å². The van der Waals surface area contributed by atoms with Crippen LogP contribution >= 0.6 is 43.5 Å². The van der Waals surface area contributed by atoms with Gasteiger partial charge in [-0.25, -0.2) is 13.1 Å². The molecule has 1 aromatic carbocycles. The van der Waals surface area contributed by atoms with Crippen LogP contribution in [0.2, 0.25) is 5.02 Å². The van der Waals surface area contributed by atoms with Gasteiger partial charge in [0.1, 0.15) is 0 Å². The van der Waals surface area contributed by atoms with Crippen molar-refractivity contribution in [1.82, 2.24) is 4.72 Å². The van der Waals surface area contributed by atoms with Crippen molar-refractivity contribution in [2.24, 2.45) is 0 Å². The highest BCUT2D eigenvalue weighted by molar-refractivity contribution is 9.10. The number of benzene rings is 1. The minimum absolute atomic E-state index is 0.214. The van der Waals surface area contributed by atoms with Crippen LogP contribution < -0.4 is 4.72 Å². The summed E-state index contributed by atoms with van der Waals surface area (Å²) in [6, 6.07) is 4.54. The lowest BCUT2D eigenvalue weighted by Crippen LogP contribution is -2.25. The van der Waals surface area contributed by atoms with E-state index >= 15 is 0 Å². The number of sulfonamides is 1. The van der Waals surface area contributed by atoms with Crippen LogP contribution in [0.5, 0.6) is 0 Å². The zero-order chi connectivity index (χ0) is 13.8. The summed E-state index contributed by atoms with van der Waals surface area (Å²) in [4.78, 5) is 0.609. The molecule has 1 aromatic rings. The van der Waals surface area contributed by atoms with Crippen LogP contribution in [0, 0.1) is 0 Å². The lowest BCUT2D eigenvalue weighted by Gasteiger charge is -2.08. The molecule has 0 bridgehead atoms. The molecule has 0 saturated carbocycles. The van der Waals surface area contributed by atoms with Gasteiger partial charge >= 0.3 is 0 Å². The SMILES string of the molecule is CC(Br)CCCNS(=O)(=O)c1ccc(Cl)c(Br)c1. The summed E-state index contributed by atoms with van der Waals surface area (Å²) in [5.41, 5.74) is 0. The Balaban J connectivity index is 2.66. The number of nitrogens with one attached hydrogen (secondary N) is 1. The molecular weight excluding hydrogens is 405 g/mol. The normalized spacial score (nSPS) is 13.6. The molecule has 0 fully saturated rings. The first-order valence-electron chi connectivity index (χ1n) is 5.41. The van der Waals surface area contributed by atoms with Crippen molar-refractivity contribution in [1.29, 1.82) is 0 Å². The molecule has 1 unspecified atom stereocenters. The van der Waals surface area contributed by atoms with Crippen molar-refractivity contribution >= 4 is 53.5 Å². The lowest BCUT2D eigenvalue weighted by atomic mass is 10.2. The van der Waals surface area contributed by atoms with Crippen molar-refractivity contribution in [2.45, 2.75) is 29.5 Å². The van der Waals surface area contributed by atoms with Gasteiger partial charge in [0.2, 0.25) is 10.0 Å². The van der Waals surface area contributed by atoms with Crippen molar-refractivity contribution in [3.05, 3.63) is 27.7 Å². The standard InChI is InChI=1S/C11H14Br2ClNO2S/c1-8(12)3-2-6-15-18(16,17)9-4-5-11(14)10(13)7-9/h4-5,7-8,15H,2-3,6H2,1H3. The van der Waals surface area contributed by atoms with E-state index in [4.69, 9.17) is 11.6 Å². The molecule has 1 atom stereocenters. The van der Waals surface area contributed by atoms with Crippen LogP contribution in [0.25, 0.3) is 0 Å². The molecule has 0 aromatic heterocycles. The molecule has 0 spiro atoms. The van der Waals surface area contributed by atoms with Crippen LogP contribution in [0.3, 0.4) is 0 Å². The maximum absolute atomic E-state index is 12.0. The van der Waals surface area contributed by atoms with Gasteiger partial charge in [-0.2, -0.15) is 0 Å². The Kier molecular flexibility index (Phi) is 6.61. The minimum atomic E-state index is -3.45. The van der Waals surface area contributed by atoms with Gasteiger partial charge in [0.15, 0.2) is 0 Å². The first kappa shape index (κ1) is 16.4. The molecular formula is C11H14Br2ClNO2S. The Morgan fingerprint density at radius 2 is 2.11 bits per heavy atom. The van der Waals surface area contributed by atoms with Crippen molar-refractivity contribution in [3.8, 4) is 0 Å². The molecule has 18 heavy (non-hydrogen) atoms. The van der Waals surface area contributed by atoms with Gasteiger partial charge in [0, 0.05) is 15.8 Å². The maximum atomic E-state index is 12.0. The Morgan fingerprint density at radius 1 is 1.44 bits per heavy atom. The fraction of sp³-hybridized carbons (Fsp3) is 0.455. The molecule has 1 N–H and O–H groups in total. The van der Waals surface area contributed by atoms with Crippen LogP contribution in [-0.4, -0.2) is 19.8 Å². The average molecular weight is 420 g/mol. The molecule has 0 saturated heterocycles. The third-order valence-electron chi connectivity index (χ3n) is 2.27. The number of rotatable bonds is 6. The quantitative estimate of drug-likeness (QED) is 0.561. The van der Waals surface area contributed by atoms with Crippen LogP contribution in [0.1, 0.15) is 19.8 Å². The fourth-order valence-corrected chi connectivity index (χ4v) is 3.39. The van der Waals surface area contributed by atoms with Crippen molar-refractivity contribution in [2.75, 3.05) is 6.54 Å². The summed E-state index contributed by atoms with van der Waals surface area (Å²) in [5, 5.41) is 0.488. The maximum Gasteiger partial charge on any atom is 0.240 e. The zero-order valence-electron chi connectivity index (χ0n) is 9.79. The van der Waals surface area contributed by atoms with Crippen LogP contribution in [-0.2, 0) is 10.0 Å². The number of halogens is 3. The summed E-state index contributed by atoms with van der Waals surface area (Å²) in [5.74, 6) is 0. The average Bonchev–Trinajstić information content (AvgIpc) is 2.28. The molecule has 0 aliphatic heterocycles. The smallest absolute Gasteiger partial charge is 0.211 e. The highest BCUT2D eigenvalue weighted by atomic mass is 79.9. The van der Waals surface area contributed by atoms with E-state index in [-0.39, 0.29) is 4.90 Å². The number of hydrogen-bond acceptors (Lipinski definition) is 2. The third kappa shape index (κ3) is 5.17. The van der Waals surface area contributed by atoms with E-state index in [9.17, 15) is 8.42 Å². The highest BCUT2D eigenvalue weighted by Gasteiger charge is 2.14. The molecule has 1 rings (SSSR count). The Morgan fingerprint density at radius 3 is 2.67 bits per heavy atom.